The summed E-state index contributed by atoms with van der Waals surface area (Å²) in [5, 5.41) is 12.4. The molecule has 4 aromatic rings. The van der Waals surface area contributed by atoms with Crippen molar-refractivity contribution in [3.63, 3.8) is 0 Å². The van der Waals surface area contributed by atoms with Crippen molar-refractivity contribution in [1.82, 2.24) is 14.8 Å². The highest BCUT2D eigenvalue weighted by Crippen LogP contribution is 2.43. The van der Waals surface area contributed by atoms with E-state index in [4.69, 9.17) is 31.2 Å². The first-order chi connectivity index (χ1) is 19.4. The molecule has 1 aliphatic heterocycles. The van der Waals surface area contributed by atoms with Crippen LogP contribution < -0.4 is 20.1 Å². The number of carbonyl (C=O) groups is 1. The second-order valence-corrected chi connectivity index (χ2v) is 11.1. The minimum absolute atomic E-state index is 0.252. The Morgan fingerprint density at radius 1 is 1.18 bits per heavy atom. The van der Waals surface area contributed by atoms with Crippen molar-refractivity contribution in [2.24, 2.45) is 0 Å². The monoisotopic (exact) mass is 639 g/mol. The van der Waals surface area contributed by atoms with Crippen molar-refractivity contribution < 1.29 is 14.3 Å². The lowest BCUT2D eigenvalue weighted by molar-refractivity contribution is -0.113. The highest BCUT2D eigenvalue weighted by molar-refractivity contribution is 9.10. The zero-order valence-electron chi connectivity index (χ0n) is 22.1. The number of nitrogens with one attached hydrogen (secondary N) is 2. The van der Waals surface area contributed by atoms with Crippen LogP contribution in [-0.4, -0.2) is 34.4 Å². The number of nitrogens with zero attached hydrogens (tertiary/aromatic N) is 3. The fourth-order valence-corrected chi connectivity index (χ4v) is 6.22. The fraction of sp³-hybridized carbons (Fsp3) is 0.207. The molecule has 0 spiro atoms. The van der Waals surface area contributed by atoms with Crippen molar-refractivity contribution in [3.05, 3.63) is 98.6 Å². The Bertz CT molecular complexity index is 1580. The van der Waals surface area contributed by atoms with Crippen LogP contribution >= 0.6 is 39.3 Å². The second kappa shape index (κ2) is 12.4. The number of halogens is 2. The maximum atomic E-state index is 13.8. The fourth-order valence-electron chi connectivity index (χ4n) is 4.48. The van der Waals surface area contributed by atoms with E-state index in [0.717, 1.165) is 11.1 Å². The summed E-state index contributed by atoms with van der Waals surface area (Å²) in [6.45, 7) is 4.22. The third-order valence-corrected chi connectivity index (χ3v) is 8.12. The van der Waals surface area contributed by atoms with E-state index in [1.165, 1.54) is 11.8 Å². The Labute approximate surface area is 250 Å². The van der Waals surface area contributed by atoms with Gasteiger partial charge in [-0.3, -0.25) is 4.79 Å². The molecule has 3 aromatic carbocycles. The summed E-state index contributed by atoms with van der Waals surface area (Å²) >= 11 is 11.5. The molecule has 1 amide bonds. The van der Waals surface area contributed by atoms with Gasteiger partial charge in [-0.05, 0) is 71.2 Å². The number of carbonyl (C=O) groups excluding carboxylic acids is 1. The maximum absolute atomic E-state index is 13.8. The molecule has 40 heavy (non-hydrogen) atoms. The molecule has 206 valence electrons. The summed E-state index contributed by atoms with van der Waals surface area (Å²) in [5.74, 6) is 2.01. The van der Waals surface area contributed by atoms with E-state index in [9.17, 15) is 4.79 Å². The number of rotatable bonds is 9. The van der Waals surface area contributed by atoms with Crippen LogP contribution in [0, 0.1) is 0 Å². The van der Waals surface area contributed by atoms with E-state index < -0.39 is 6.04 Å². The van der Waals surface area contributed by atoms with E-state index >= 15 is 0 Å². The van der Waals surface area contributed by atoms with Crippen LogP contribution in [0.2, 0.25) is 5.02 Å². The van der Waals surface area contributed by atoms with Gasteiger partial charge in [0.15, 0.2) is 11.5 Å². The number of methoxy groups -OCH3 is 1. The molecular formula is C29H27BrClN5O3S. The van der Waals surface area contributed by atoms with Gasteiger partial charge in [0.25, 0.3) is 5.91 Å². The van der Waals surface area contributed by atoms with Gasteiger partial charge in [0.05, 0.1) is 23.8 Å². The highest BCUT2D eigenvalue weighted by Gasteiger charge is 2.35. The number of fused-ring (bicyclic) bond motifs is 1. The third-order valence-electron chi connectivity index (χ3n) is 6.28. The average molecular weight is 641 g/mol. The number of ether oxygens (including phenoxy) is 2. The summed E-state index contributed by atoms with van der Waals surface area (Å²) in [6.07, 6.45) is 0. The van der Waals surface area contributed by atoms with Crippen LogP contribution in [0.15, 0.2) is 87.6 Å². The molecule has 2 N–H and O–H groups in total. The highest BCUT2D eigenvalue weighted by atomic mass is 79.9. The predicted octanol–water partition coefficient (Wildman–Crippen LogP) is 7.32. The van der Waals surface area contributed by atoms with Crippen molar-refractivity contribution in [1.29, 1.82) is 0 Å². The number of benzene rings is 3. The average Bonchev–Trinajstić information content (AvgIpc) is 3.34. The van der Waals surface area contributed by atoms with Crippen LogP contribution in [-0.2, 0) is 10.5 Å². The normalized spacial score (nSPS) is 14.4. The van der Waals surface area contributed by atoms with Gasteiger partial charge in [0.1, 0.15) is 6.04 Å². The number of aromatic nitrogens is 3. The van der Waals surface area contributed by atoms with E-state index in [0.29, 0.717) is 61.4 Å². The molecule has 1 aliphatic rings. The lowest BCUT2D eigenvalue weighted by Crippen LogP contribution is -2.31. The lowest BCUT2D eigenvalue weighted by atomic mass is 9.94. The summed E-state index contributed by atoms with van der Waals surface area (Å²) in [4.78, 5) is 18.5. The summed E-state index contributed by atoms with van der Waals surface area (Å²) < 4.78 is 13.9. The summed E-state index contributed by atoms with van der Waals surface area (Å²) in [7, 11) is 1.59. The first kappa shape index (κ1) is 28.1. The quantitative estimate of drug-likeness (QED) is 0.185. The van der Waals surface area contributed by atoms with E-state index in [-0.39, 0.29) is 5.91 Å². The largest absolute Gasteiger partial charge is 0.492 e. The Morgan fingerprint density at radius 2 is 1.93 bits per heavy atom. The van der Waals surface area contributed by atoms with Crippen molar-refractivity contribution in [2.45, 2.75) is 30.8 Å². The predicted molar refractivity (Wildman–Crippen MR) is 162 cm³/mol. The minimum atomic E-state index is -0.594. The smallest absolute Gasteiger partial charge is 0.255 e. The van der Waals surface area contributed by atoms with Gasteiger partial charge in [-0.15, -0.1) is 5.10 Å². The van der Waals surface area contributed by atoms with Gasteiger partial charge in [0.2, 0.25) is 11.1 Å². The number of amides is 1. The van der Waals surface area contributed by atoms with Gasteiger partial charge >= 0.3 is 0 Å². The SMILES string of the molecule is CCOc1cc(C2C(C(=O)Nc3ccccc3)=C(C)Nc3nc(SCc4ccccc4Cl)nn32)cc(Br)c1OC. The molecule has 2 heterocycles. The zero-order valence-corrected chi connectivity index (χ0v) is 25.2. The van der Waals surface area contributed by atoms with E-state index in [2.05, 4.69) is 26.6 Å². The van der Waals surface area contributed by atoms with Gasteiger partial charge < -0.3 is 20.1 Å². The lowest BCUT2D eigenvalue weighted by Gasteiger charge is -2.29. The molecule has 0 aliphatic carbocycles. The third kappa shape index (κ3) is 5.84. The molecule has 0 saturated carbocycles. The van der Waals surface area contributed by atoms with E-state index in [1.807, 2.05) is 80.6 Å². The number of thioether (sulfide) groups is 1. The molecule has 1 unspecified atom stereocenters. The minimum Gasteiger partial charge on any atom is -0.492 e. The molecule has 5 rings (SSSR count). The number of hydrogen-bond donors (Lipinski definition) is 2. The maximum Gasteiger partial charge on any atom is 0.255 e. The van der Waals surface area contributed by atoms with E-state index in [1.54, 1.807) is 11.8 Å². The molecule has 0 fully saturated rings. The van der Waals surface area contributed by atoms with Gasteiger partial charge in [-0.25, -0.2) is 4.68 Å². The van der Waals surface area contributed by atoms with Gasteiger partial charge in [-0.2, -0.15) is 4.98 Å². The number of para-hydroxylation sites is 1. The zero-order chi connectivity index (χ0) is 28.2. The number of hydrogen-bond acceptors (Lipinski definition) is 7. The van der Waals surface area contributed by atoms with Crippen LogP contribution in [0.1, 0.15) is 31.0 Å². The standard InChI is InChI=1S/C29H27BrClN5O3S/c1-4-39-23-15-19(14-21(30)26(23)38-3)25-24(27(37)33-20-11-6-5-7-12-20)17(2)32-28-34-29(35-36(25)28)40-16-18-10-8-9-13-22(18)31/h5-15,25H,4,16H2,1-3H3,(H,33,37)(H,32,34,35). The van der Waals surface area contributed by atoms with Crippen molar-refractivity contribution >= 4 is 56.8 Å². The van der Waals surface area contributed by atoms with Crippen molar-refractivity contribution in [3.8, 4) is 11.5 Å². The molecule has 0 saturated heterocycles. The number of anilines is 2. The molecule has 1 atom stereocenters. The van der Waals surface area contributed by atoms with Gasteiger partial charge in [-0.1, -0.05) is 59.8 Å². The summed E-state index contributed by atoms with van der Waals surface area (Å²) in [5.41, 5.74) is 3.64. The van der Waals surface area contributed by atoms with Gasteiger partial charge in [0, 0.05) is 22.2 Å². The van der Waals surface area contributed by atoms with Crippen LogP contribution in [0.5, 0.6) is 11.5 Å². The number of allylic oxidation sites excluding steroid dienone is 1. The summed E-state index contributed by atoms with van der Waals surface area (Å²) in [6, 6.07) is 20.3. The van der Waals surface area contributed by atoms with Crippen molar-refractivity contribution in [2.75, 3.05) is 24.4 Å². The van der Waals surface area contributed by atoms with Crippen LogP contribution in [0.3, 0.4) is 0 Å². The topological polar surface area (TPSA) is 90.3 Å². The Kier molecular flexibility index (Phi) is 8.68. The second-order valence-electron chi connectivity index (χ2n) is 8.90. The van der Waals surface area contributed by atoms with Crippen LogP contribution in [0.25, 0.3) is 0 Å². The molecular weight excluding hydrogens is 614 g/mol. The first-order valence-electron chi connectivity index (χ1n) is 12.6. The molecule has 8 nitrogen and oxygen atoms in total. The molecule has 1 aromatic heterocycles. The molecule has 0 radical (unpaired) electrons. The Morgan fingerprint density at radius 3 is 2.65 bits per heavy atom. The Balaban J connectivity index is 1.57. The van der Waals surface area contributed by atoms with Crippen LogP contribution in [0.4, 0.5) is 11.6 Å². The first-order valence-corrected chi connectivity index (χ1v) is 14.7. The molecule has 11 heteroatoms. The Hall–Kier alpha value is -3.47. The molecule has 0 bridgehead atoms.